The third-order valence-corrected chi connectivity index (χ3v) is 3.47. The standard InChI is InChI=1S/C16H17FN2O/c1-20-15-3-2-8-18-16(15)14-7-4-12(17)9-11(14)10-19-13-5-6-13/h2-4,7-9,13,19H,5-6,10H2,1H3. The van der Waals surface area contributed by atoms with Crippen LogP contribution in [0.25, 0.3) is 11.3 Å². The summed E-state index contributed by atoms with van der Waals surface area (Å²) in [6.45, 7) is 0.650. The van der Waals surface area contributed by atoms with Crippen LogP contribution >= 0.6 is 0 Å². The quantitative estimate of drug-likeness (QED) is 0.908. The van der Waals surface area contributed by atoms with Crippen molar-refractivity contribution in [2.75, 3.05) is 7.11 Å². The molecule has 0 bridgehead atoms. The van der Waals surface area contributed by atoms with Crippen molar-refractivity contribution in [1.29, 1.82) is 0 Å². The van der Waals surface area contributed by atoms with Gasteiger partial charge in [-0.2, -0.15) is 0 Å². The van der Waals surface area contributed by atoms with Gasteiger partial charge >= 0.3 is 0 Å². The largest absolute Gasteiger partial charge is 0.494 e. The fraction of sp³-hybridized carbons (Fsp3) is 0.312. The van der Waals surface area contributed by atoms with Crippen LogP contribution in [-0.4, -0.2) is 18.1 Å². The van der Waals surface area contributed by atoms with Crippen LogP contribution < -0.4 is 10.1 Å². The maximum absolute atomic E-state index is 13.5. The Morgan fingerprint density at radius 3 is 2.95 bits per heavy atom. The van der Waals surface area contributed by atoms with E-state index in [1.165, 1.54) is 18.9 Å². The third-order valence-electron chi connectivity index (χ3n) is 3.47. The minimum atomic E-state index is -0.226. The van der Waals surface area contributed by atoms with Gasteiger partial charge in [0.05, 0.1) is 7.11 Å². The van der Waals surface area contributed by atoms with Gasteiger partial charge in [0.15, 0.2) is 0 Å². The number of hydrogen-bond acceptors (Lipinski definition) is 3. The lowest BCUT2D eigenvalue weighted by atomic mass is 10.0. The highest BCUT2D eigenvalue weighted by Crippen LogP contribution is 2.31. The average Bonchev–Trinajstić information content (AvgIpc) is 3.29. The molecule has 0 saturated heterocycles. The first-order valence-electron chi connectivity index (χ1n) is 6.79. The summed E-state index contributed by atoms with van der Waals surface area (Å²) in [6, 6.07) is 9.07. The number of rotatable bonds is 5. The molecule has 1 aromatic carbocycles. The van der Waals surface area contributed by atoms with Crippen molar-refractivity contribution in [3.8, 4) is 17.0 Å². The van der Waals surface area contributed by atoms with Crippen LogP contribution in [0.2, 0.25) is 0 Å². The van der Waals surface area contributed by atoms with E-state index < -0.39 is 0 Å². The number of ether oxygens (including phenoxy) is 1. The molecule has 0 aliphatic heterocycles. The Balaban J connectivity index is 1.98. The van der Waals surface area contributed by atoms with Crippen LogP contribution in [0, 0.1) is 5.82 Å². The Kier molecular flexibility index (Phi) is 3.65. The van der Waals surface area contributed by atoms with Crippen molar-refractivity contribution in [1.82, 2.24) is 10.3 Å². The number of methoxy groups -OCH3 is 1. The molecular formula is C16H17FN2O. The molecule has 3 rings (SSSR count). The molecule has 0 atom stereocenters. The predicted molar refractivity (Wildman–Crippen MR) is 76.0 cm³/mol. The molecule has 0 amide bonds. The Morgan fingerprint density at radius 1 is 1.35 bits per heavy atom. The summed E-state index contributed by atoms with van der Waals surface area (Å²) in [5, 5.41) is 3.41. The molecule has 0 spiro atoms. The van der Waals surface area contributed by atoms with Gasteiger partial charge in [-0.15, -0.1) is 0 Å². The molecule has 0 unspecified atom stereocenters. The second-order valence-corrected chi connectivity index (χ2v) is 5.01. The summed E-state index contributed by atoms with van der Waals surface area (Å²) in [7, 11) is 1.62. The van der Waals surface area contributed by atoms with Crippen molar-refractivity contribution in [2.45, 2.75) is 25.4 Å². The maximum Gasteiger partial charge on any atom is 0.145 e. The zero-order valence-electron chi connectivity index (χ0n) is 11.4. The van der Waals surface area contributed by atoms with Gasteiger partial charge in [0.25, 0.3) is 0 Å². The normalized spacial score (nSPS) is 14.3. The molecule has 2 aromatic rings. The summed E-state index contributed by atoms with van der Waals surface area (Å²) in [6.07, 6.45) is 4.13. The fourth-order valence-corrected chi connectivity index (χ4v) is 2.24. The first-order valence-corrected chi connectivity index (χ1v) is 6.79. The van der Waals surface area contributed by atoms with Crippen molar-refractivity contribution < 1.29 is 9.13 Å². The Bertz CT molecular complexity index is 611. The molecule has 1 aliphatic carbocycles. The highest BCUT2D eigenvalue weighted by Gasteiger charge is 2.21. The van der Waals surface area contributed by atoms with Crippen molar-refractivity contribution in [3.63, 3.8) is 0 Å². The minimum absolute atomic E-state index is 0.226. The molecule has 104 valence electrons. The number of halogens is 1. The lowest BCUT2D eigenvalue weighted by Gasteiger charge is -2.13. The topological polar surface area (TPSA) is 34.1 Å². The van der Waals surface area contributed by atoms with Crippen LogP contribution in [0.15, 0.2) is 36.5 Å². The van der Waals surface area contributed by atoms with Gasteiger partial charge in [-0.3, -0.25) is 4.98 Å². The summed E-state index contributed by atoms with van der Waals surface area (Å²) in [5.41, 5.74) is 2.58. The van der Waals surface area contributed by atoms with Crippen molar-refractivity contribution in [3.05, 3.63) is 47.9 Å². The molecule has 1 aliphatic rings. The second kappa shape index (κ2) is 5.59. The van der Waals surface area contributed by atoms with E-state index in [-0.39, 0.29) is 5.82 Å². The van der Waals surface area contributed by atoms with Crippen LogP contribution in [-0.2, 0) is 6.54 Å². The van der Waals surface area contributed by atoms with Gasteiger partial charge < -0.3 is 10.1 Å². The van der Waals surface area contributed by atoms with E-state index in [0.29, 0.717) is 18.3 Å². The highest BCUT2D eigenvalue weighted by atomic mass is 19.1. The van der Waals surface area contributed by atoms with Crippen LogP contribution in [0.4, 0.5) is 4.39 Å². The van der Waals surface area contributed by atoms with Crippen LogP contribution in [0.3, 0.4) is 0 Å². The van der Waals surface area contributed by atoms with Crippen LogP contribution in [0.5, 0.6) is 5.75 Å². The third kappa shape index (κ3) is 2.80. The number of aromatic nitrogens is 1. The molecular weight excluding hydrogens is 255 g/mol. The van der Waals surface area contributed by atoms with Gasteiger partial charge in [0.2, 0.25) is 0 Å². The Labute approximate surface area is 117 Å². The zero-order chi connectivity index (χ0) is 13.9. The first kappa shape index (κ1) is 13.1. The number of pyridine rings is 1. The molecule has 3 nitrogen and oxygen atoms in total. The maximum atomic E-state index is 13.5. The Morgan fingerprint density at radius 2 is 2.20 bits per heavy atom. The molecule has 1 N–H and O–H groups in total. The van der Waals surface area contributed by atoms with Gasteiger partial charge in [0.1, 0.15) is 17.3 Å². The summed E-state index contributed by atoms with van der Waals surface area (Å²) < 4.78 is 18.9. The highest BCUT2D eigenvalue weighted by molar-refractivity contribution is 5.69. The van der Waals surface area contributed by atoms with E-state index in [0.717, 1.165) is 16.8 Å². The minimum Gasteiger partial charge on any atom is -0.494 e. The molecule has 1 fully saturated rings. The van der Waals surface area contributed by atoms with Gasteiger partial charge in [-0.25, -0.2) is 4.39 Å². The number of nitrogens with zero attached hydrogens (tertiary/aromatic N) is 1. The molecule has 4 heteroatoms. The van der Waals surface area contributed by atoms with Crippen LogP contribution in [0.1, 0.15) is 18.4 Å². The van der Waals surface area contributed by atoms with Gasteiger partial charge in [0, 0.05) is 24.3 Å². The number of benzene rings is 1. The van der Waals surface area contributed by atoms with E-state index in [1.54, 1.807) is 25.4 Å². The summed E-state index contributed by atoms with van der Waals surface area (Å²) in [4.78, 5) is 4.38. The first-order chi connectivity index (χ1) is 9.78. The number of hydrogen-bond donors (Lipinski definition) is 1. The van der Waals surface area contributed by atoms with E-state index in [9.17, 15) is 4.39 Å². The predicted octanol–water partition coefficient (Wildman–Crippen LogP) is 3.15. The lowest BCUT2D eigenvalue weighted by Crippen LogP contribution is -2.16. The van der Waals surface area contributed by atoms with Gasteiger partial charge in [-0.05, 0) is 48.7 Å². The molecule has 1 aromatic heterocycles. The monoisotopic (exact) mass is 272 g/mol. The average molecular weight is 272 g/mol. The fourth-order valence-electron chi connectivity index (χ4n) is 2.24. The summed E-state index contributed by atoms with van der Waals surface area (Å²) in [5.74, 6) is 0.475. The van der Waals surface area contributed by atoms with Gasteiger partial charge in [-0.1, -0.05) is 0 Å². The van der Waals surface area contributed by atoms with E-state index in [1.807, 2.05) is 12.1 Å². The summed E-state index contributed by atoms with van der Waals surface area (Å²) >= 11 is 0. The SMILES string of the molecule is COc1cccnc1-c1ccc(F)cc1CNC1CC1. The second-order valence-electron chi connectivity index (χ2n) is 5.01. The van der Waals surface area contributed by atoms with Crippen molar-refractivity contribution in [2.24, 2.45) is 0 Å². The molecule has 0 radical (unpaired) electrons. The zero-order valence-corrected chi connectivity index (χ0v) is 11.4. The van der Waals surface area contributed by atoms with E-state index in [4.69, 9.17) is 4.74 Å². The Hall–Kier alpha value is -1.94. The number of nitrogens with one attached hydrogen (secondary N) is 1. The smallest absolute Gasteiger partial charge is 0.145 e. The van der Waals surface area contributed by atoms with E-state index >= 15 is 0 Å². The lowest BCUT2D eigenvalue weighted by molar-refractivity contribution is 0.414. The molecule has 1 saturated carbocycles. The van der Waals surface area contributed by atoms with Crippen molar-refractivity contribution >= 4 is 0 Å². The van der Waals surface area contributed by atoms with E-state index in [2.05, 4.69) is 10.3 Å². The molecule has 1 heterocycles. The molecule has 20 heavy (non-hydrogen) atoms.